The average molecular weight is 296 g/mol. The summed E-state index contributed by atoms with van der Waals surface area (Å²) in [5, 5.41) is 37.8. The highest BCUT2D eigenvalue weighted by Crippen LogP contribution is 2.06. The maximum absolute atomic E-state index is 11.4. The number of nitrogens with zero attached hydrogens (tertiary/aromatic N) is 2. The van der Waals surface area contributed by atoms with Gasteiger partial charge < -0.3 is 30.1 Å². The van der Waals surface area contributed by atoms with Crippen molar-refractivity contribution in [2.75, 3.05) is 0 Å². The monoisotopic (exact) mass is 296 g/mol. The molecule has 0 heterocycles. The average Bonchev–Trinajstić information content (AvgIpc) is 2.30. The van der Waals surface area contributed by atoms with E-state index in [9.17, 15) is 30.0 Å². The third kappa shape index (κ3) is 5.77. The van der Waals surface area contributed by atoms with Crippen LogP contribution in [0.2, 0.25) is 0 Å². The molecule has 20 heavy (non-hydrogen) atoms. The smallest absolute Gasteiger partial charge is 0.375 e. The van der Waals surface area contributed by atoms with Crippen molar-refractivity contribution in [3.63, 3.8) is 0 Å². The molecule has 0 aliphatic heterocycles. The summed E-state index contributed by atoms with van der Waals surface area (Å²) in [4.78, 5) is 31.6. The molecule has 0 fully saturated rings. The Bertz CT molecular complexity index is 283. The highest BCUT2D eigenvalue weighted by Gasteiger charge is 2.30. The minimum absolute atomic E-state index is 0.457. The van der Waals surface area contributed by atoms with Crippen LogP contribution in [0, 0.1) is 0 Å². The lowest BCUT2D eigenvalue weighted by atomic mass is 10.5. The molecule has 4 N–H and O–H groups in total. The van der Waals surface area contributed by atoms with Gasteiger partial charge in [0.15, 0.2) is 0 Å². The van der Waals surface area contributed by atoms with Crippen molar-refractivity contribution in [1.82, 2.24) is 10.1 Å². The van der Waals surface area contributed by atoms with Crippen molar-refractivity contribution < 1.29 is 39.7 Å². The standard InChI is InChI=1S/C10H20N2O8/c1-5(13)11(6(2)14)19-9(17)10(18)20-12(7(3)15)8(4)16/h5-8,13-16H,1-4H3. The zero-order chi connectivity index (χ0) is 16.0. The first kappa shape index (κ1) is 18.7. The highest BCUT2D eigenvalue weighted by molar-refractivity contribution is 6.29. The maximum Gasteiger partial charge on any atom is 0.438 e. The third-order valence-electron chi connectivity index (χ3n) is 2.02. The molecule has 10 heteroatoms. The van der Waals surface area contributed by atoms with Crippen LogP contribution in [-0.4, -0.2) is 67.4 Å². The Hall–Kier alpha value is -1.30. The molecule has 10 nitrogen and oxygen atoms in total. The van der Waals surface area contributed by atoms with Gasteiger partial charge in [-0.2, -0.15) is 0 Å². The number of hydrogen-bond acceptors (Lipinski definition) is 10. The molecule has 0 amide bonds. The third-order valence-corrected chi connectivity index (χ3v) is 2.02. The molecule has 0 spiro atoms. The molecular formula is C10H20N2O8. The van der Waals surface area contributed by atoms with Crippen LogP contribution in [0.15, 0.2) is 0 Å². The maximum atomic E-state index is 11.4. The van der Waals surface area contributed by atoms with E-state index in [-0.39, 0.29) is 0 Å². The number of carbonyl (C=O) groups excluding carboxylic acids is 2. The summed E-state index contributed by atoms with van der Waals surface area (Å²) in [5.74, 6) is -3.09. The van der Waals surface area contributed by atoms with E-state index in [1.165, 1.54) is 27.7 Å². The zero-order valence-electron chi connectivity index (χ0n) is 11.6. The van der Waals surface area contributed by atoms with Crippen LogP contribution in [0.4, 0.5) is 0 Å². The summed E-state index contributed by atoms with van der Waals surface area (Å²) in [6, 6.07) is 0. The normalized spacial score (nSPS) is 17.5. The van der Waals surface area contributed by atoms with Gasteiger partial charge in [-0.1, -0.05) is 10.1 Å². The second kappa shape index (κ2) is 8.09. The fourth-order valence-electron chi connectivity index (χ4n) is 1.20. The van der Waals surface area contributed by atoms with Crippen LogP contribution in [-0.2, 0) is 19.3 Å². The van der Waals surface area contributed by atoms with Crippen LogP contribution in [0.5, 0.6) is 0 Å². The Balaban J connectivity index is 4.66. The molecule has 0 radical (unpaired) electrons. The molecule has 0 aromatic carbocycles. The van der Waals surface area contributed by atoms with Gasteiger partial charge in [0.2, 0.25) is 0 Å². The van der Waals surface area contributed by atoms with E-state index in [4.69, 9.17) is 0 Å². The fraction of sp³-hybridized carbons (Fsp3) is 0.800. The molecule has 0 aliphatic rings. The molecule has 118 valence electrons. The van der Waals surface area contributed by atoms with Gasteiger partial charge in [-0.05, 0) is 27.7 Å². The highest BCUT2D eigenvalue weighted by atomic mass is 16.8. The van der Waals surface area contributed by atoms with Crippen molar-refractivity contribution in [3.8, 4) is 0 Å². The number of rotatable bonds is 6. The van der Waals surface area contributed by atoms with Gasteiger partial charge in [0.05, 0.1) is 0 Å². The lowest BCUT2D eigenvalue weighted by molar-refractivity contribution is -0.293. The van der Waals surface area contributed by atoms with Crippen molar-refractivity contribution in [2.24, 2.45) is 0 Å². The van der Waals surface area contributed by atoms with Crippen molar-refractivity contribution in [2.45, 2.75) is 52.6 Å². The first-order valence-corrected chi connectivity index (χ1v) is 5.81. The molecule has 0 aliphatic carbocycles. The first-order valence-electron chi connectivity index (χ1n) is 5.81. The van der Waals surface area contributed by atoms with E-state index in [1.54, 1.807) is 0 Å². The van der Waals surface area contributed by atoms with E-state index >= 15 is 0 Å². The van der Waals surface area contributed by atoms with Crippen molar-refractivity contribution in [3.05, 3.63) is 0 Å². The van der Waals surface area contributed by atoms with Crippen LogP contribution in [0.1, 0.15) is 27.7 Å². The van der Waals surface area contributed by atoms with Crippen LogP contribution >= 0.6 is 0 Å². The first-order chi connectivity index (χ1) is 9.07. The predicted octanol–water partition coefficient (Wildman–Crippen LogP) is -2.14. The minimum atomic E-state index is -1.54. The lowest BCUT2D eigenvalue weighted by Crippen LogP contribution is -2.46. The number of hydroxylamine groups is 4. The van der Waals surface area contributed by atoms with Gasteiger partial charge in [-0.3, -0.25) is 0 Å². The summed E-state index contributed by atoms with van der Waals surface area (Å²) in [5.41, 5.74) is 0. The van der Waals surface area contributed by atoms with Gasteiger partial charge >= 0.3 is 11.9 Å². The summed E-state index contributed by atoms with van der Waals surface area (Å²) >= 11 is 0. The van der Waals surface area contributed by atoms with E-state index in [1.807, 2.05) is 0 Å². The molecule has 0 aromatic rings. The quantitative estimate of drug-likeness (QED) is 0.244. The Morgan fingerprint density at radius 3 is 1.05 bits per heavy atom. The van der Waals surface area contributed by atoms with E-state index in [0.717, 1.165) is 0 Å². The fourth-order valence-corrected chi connectivity index (χ4v) is 1.20. The largest absolute Gasteiger partial charge is 0.438 e. The molecule has 0 aromatic heterocycles. The lowest BCUT2D eigenvalue weighted by Gasteiger charge is -2.27. The summed E-state index contributed by atoms with van der Waals surface area (Å²) < 4.78 is 0. The van der Waals surface area contributed by atoms with Crippen LogP contribution < -0.4 is 0 Å². The van der Waals surface area contributed by atoms with E-state index < -0.39 is 36.9 Å². The van der Waals surface area contributed by atoms with Gasteiger partial charge in [-0.25, -0.2) is 9.59 Å². The summed E-state index contributed by atoms with van der Waals surface area (Å²) in [6.45, 7) is 4.79. The van der Waals surface area contributed by atoms with E-state index in [2.05, 4.69) is 9.68 Å². The van der Waals surface area contributed by atoms with Gasteiger partial charge in [0.25, 0.3) is 0 Å². The van der Waals surface area contributed by atoms with Crippen LogP contribution in [0.3, 0.4) is 0 Å². The van der Waals surface area contributed by atoms with E-state index in [0.29, 0.717) is 10.1 Å². The zero-order valence-corrected chi connectivity index (χ0v) is 11.6. The molecule has 4 unspecified atom stereocenters. The molecule has 0 rings (SSSR count). The summed E-state index contributed by atoms with van der Waals surface area (Å²) in [6.07, 6.45) is -5.46. The molecule has 0 bridgehead atoms. The SMILES string of the molecule is CC(O)N(OC(=O)C(=O)ON(C(C)O)C(C)O)C(C)O. The Morgan fingerprint density at radius 1 is 0.700 bits per heavy atom. The number of aliphatic hydroxyl groups excluding tert-OH is 4. The number of hydrogen-bond donors (Lipinski definition) is 4. The van der Waals surface area contributed by atoms with Crippen molar-refractivity contribution >= 4 is 11.9 Å². The molecule has 0 saturated heterocycles. The topological polar surface area (TPSA) is 140 Å². The molecule has 0 saturated carbocycles. The minimum Gasteiger partial charge on any atom is -0.375 e. The van der Waals surface area contributed by atoms with Crippen LogP contribution in [0.25, 0.3) is 0 Å². The Labute approximate surface area is 115 Å². The van der Waals surface area contributed by atoms with Gasteiger partial charge in [0.1, 0.15) is 24.9 Å². The summed E-state index contributed by atoms with van der Waals surface area (Å²) in [7, 11) is 0. The predicted molar refractivity (Wildman–Crippen MR) is 62.6 cm³/mol. The molecular weight excluding hydrogens is 276 g/mol. The van der Waals surface area contributed by atoms with Gasteiger partial charge in [-0.15, -0.1) is 0 Å². The van der Waals surface area contributed by atoms with Gasteiger partial charge in [0, 0.05) is 0 Å². The second-order valence-electron chi connectivity index (χ2n) is 4.00. The second-order valence-corrected chi connectivity index (χ2v) is 4.00. The van der Waals surface area contributed by atoms with Crippen molar-refractivity contribution in [1.29, 1.82) is 0 Å². The Kier molecular flexibility index (Phi) is 7.57. The number of aliphatic hydroxyl groups is 4. The Morgan fingerprint density at radius 2 is 0.900 bits per heavy atom. The number of carbonyl (C=O) groups is 2. The molecule has 4 atom stereocenters.